The Bertz CT molecular complexity index is 1140. The third-order valence-corrected chi connectivity index (χ3v) is 7.04. The van der Waals surface area contributed by atoms with Crippen molar-refractivity contribution in [2.45, 2.75) is 37.6 Å². The predicted octanol–water partition coefficient (Wildman–Crippen LogP) is 4.79. The van der Waals surface area contributed by atoms with Crippen molar-refractivity contribution in [2.75, 3.05) is 17.7 Å². The van der Waals surface area contributed by atoms with Crippen LogP contribution in [0.2, 0.25) is 5.02 Å². The summed E-state index contributed by atoms with van der Waals surface area (Å²) in [5.74, 6) is 0.442. The number of nitrogens with one attached hydrogen (secondary N) is 1. The number of ether oxygens (including phenoxy) is 1. The summed E-state index contributed by atoms with van der Waals surface area (Å²) in [6, 6.07) is 5.97. The summed E-state index contributed by atoms with van der Waals surface area (Å²) >= 11 is 8.96. The molecule has 32 heavy (non-hydrogen) atoms. The van der Waals surface area contributed by atoms with Gasteiger partial charge < -0.3 is 10.1 Å². The monoisotopic (exact) mass is 493 g/mol. The highest BCUT2D eigenvalue weighted by Crippen LogP contribution is 2.30. The second kappa shape index (κ2) is 9.99. The third-order valence-electron chi connectivity index (χ3n) is 4.88. The Hall–Kier alpha value is -2.47. The molecule has 168 valence electrons. The zero-order valence-corrected chi connectivity index (χ0v) is 19.5. The highest BCUT2D eigenvalue weighted by Gasteiger charge is 2.23. The molecular formula is C20H20ClN5O4S2. The van der Waals surface area contributed by atoms with Crippen LogP contribution in [-0.2, 0) is 16.1 Å². The molecule has 1 aliphatic rings. The number of nitro benzene ring substituents is 1. The van der Waals surface area contributed by atoms with Crippen molar-refractivity contribution in [3.05, 3.63) is 49.7 Å². The number of anilines is 1. The smallest absolute Gasteiger partial charge is 0.271 e. The zero-order chi connectivity index (χ0) is 22.7. The van der Waals surface area contributed by atoms with Crippen LogP contribution in [0.25, 0.3) is 11.4 Å². The molecule has 1 atom stereocenters. The van der Waals surface area contributed by atoms with Crippen LogP contribution >= 0.6 is 34.7 Å². The fraction of sp³-hybridized carbons (Fsp3) is 0.350. The molecule has 0 aliphatic carbocycles. The topological polar surface area (TPSA) is 112 Å². The number of carbonyl (C=O) groups excluding carboxylic acids is 1. The van der Waals surface area contributed by atoms with E-state index < -0.39 is 4.92 Å². The number of benzene rings is 1. The molecular weight excluding hydrogens is 474 g/mol. The van der Waals surface area contributed by atoms with Gasteiger partial charge in [0.15, 0.2) is 11.0 Å². The van der Waals surface area contributed by atoms with Crippen LogP contribution in [0.1, 0.15) is 17.7 Å². The van der Waals surface area contributed by atoms with Gasteiger partial charge in [-0.15, -0.1) is 21.5 Å². The number of thiophene rings is 1. The number of hydrogen-bond acceptors (Lipinski definition) is 8. The van der Waals surface area contributed by atoms with Crippen LogP contribution in [-0.4, -0.2) is 44.1 Å². The van der Waals surface area contributed by atoms with Crippen LogP contribution < -0.4 is 5.32 Å². The Balaban J connectivity index is 1.49. The number of nitrogens with zero attached hydrogens (tertiary/aromatic N) is 4. The number of thioether (sulfide) groups is 1. The maximum Gasteiger partial charge on any atom is 0.271 e. The first-order valence-electron chi connectivity index (χ1n) is 9.87. The number of non-ortho nitro benzene ring substituents is 1. The summed E-state index contributed by atoms with van der Waals surface area (Å²) < 4.78 is 7.79. The molecule has 1 fully saturated rings. The van der Waals surface area contributed by atoms with E-state index >= 15 is 0 Å². The lowest BCUT2D eigenvalue weighted by atomic mass is 10.2. The van der Waals surface area contributed by atoms with Gasteiger partial charge in [-0.25, -0.2) is 0 Å². The number of nitro groups is 1. The molecule has 0 radical (unpaired) electrons. The van der Waals surface area contributed by atoms with E-state index in [-0.39, 0.29) is 34.2 Å². The van der Waals surface area contributed by atoms with Gasteiger partial charge in [0.25, 0.3) is 5.69 Å². The van der Waals surface area contributed by atoms with E-state index in [9.17, 15) is 14.9 Å². The van der Waals surface area contributed by atoms with Crippen LogP contribution in [0.3, 0.4) is 0 Å². The van der Waals surface area contributed by atoms with Gasteiger partial charge in [-0.1, -0.05) is 23.4 Å². The summed E-state index contributed by atoms with van der Waals surface area (Å²) in [7, 11) is 0. The Morgan fingerprint density at radius 2 is 2.28 bits per heavy atom. The van der Waals surface area contributed by atoms with Crippen LogP contribution in [0.15, 0.2) is 34.8 Å². The van der Waals surface area contributed by atoms with Gasteiger partial charge in [-0.2, -0.15) is 0 Å². The minimum Gasteiger partial charge on any atom is -0.376 e. The van der Waals surface area contributed by atoms with E-state index in [1.807, 2.05) is 16.9 Å². The van der Waals surface area contributed by atoms with E-state index in [1.165, 1.54) is 34.8 Å². The number of rotatable bonds is 8. The minimum atomic E-state index is -0.540. The lowest BCUT2D eigenvalue weighted by Gasteiger charge is -2.14. The van der Waals surface area contributed by atoms with Crippen LogP contribution in [0.4, 0.5) is 11.4 Å². The molecule has 1 aliphatic heterocycles. The first kappa shape index (κ1) is 22.7. The average Bonchev–Trinajstić information content (AvgIpc) is 3.50. The van der Waals surface area contributed by atoms with Gasteiger partial charge in [0.2, 0.25) is 5.91 Å². The molecule has 0 bridgehead atoms. The molecule has 0 spiro atoms. The lowest BCUT2D eigenvalue weighted by Crippen LogP contribution is -2.18. The largest absolute Gasteiger partial charge is 0.376 e. The molecule has 9 nitrogen and oxygen atoms in total. The van der Waals surface area contributed by atoms with E-state index in [2.05, 4.69) is 21.6 Å². The van der Waals surface area contributed by atoms with E-state index in [1.54, 1.807) is 11.3 Å². The molecule has 0 saturated carbocycles. The van der Waals surface area contributed by atoms with Gasteiger partial charge in [0.05, 0.1) is 34.0 Å². The summed E-state index contributed by atoms with van der Waals surface area (Å²) in [5.41, 5.74) is 1.03. The first-order chi connectivity index (χ1) is 15.4. The SMILES string of the molecule is Cc1cc(-c2nnc(SCC(=O)Nc3cc([N+](=O)[O-])ccc3Cl)n2CC2CCCO2)cs1. The maximum atomic E-state index is 12.5. The van der Waals surface area contributed by atoms with Gasteiger partial charge >= 0.3 is 0 Å². The summed E-state index contributed by atoms with van der Waals surface area (Å²) in [4.78, 5) is 24.1. The Kier molecular flexibility index (Phi) is 7.09. The van der Waals surface area contributed by atoms with E-state index in [4.69, 9.17) is 16.3 Å². The number of hydrogen-bond donors (Lipinski definition) is 1. The highest BCUT2D eigenvalue weighted by molar-refractivity contribution is 7.99. The van der Waals surface area contributed by atoms with Crippen LogP contribution in [0, 0.1) is 17.0 Å². The molecule has 1 N–H and O–H groups in total. The number of amides is 1. The van der Waals surface area contributed by atoms with Crippen molar-refractivity contribution in [3.8, 4) is 11.4 Å². The van der Waals surface area contributed by atoms with Crippen LogP contribution in [0.5, 0.6) is 0 Å². The van der Waals surface area contributed by atoms with Crippen molar-refractivity contribution < 1.29 is 14.5 Å². The molecule has 3 aromatic rings. The standard InChI is InChI=1S/C20H20ClN5O4S2/c1-12-7-13(10-31-12)19-23-24-20(25(19)9-15-3-2-6-30-15)32-11-18(27)22-17-8-14(26(28)29)4-5-16(17)21/h4-5,7-8,10,15H,2-3,6,9,11H2,1H3,(H,22,27). The summed E-state index contributed by atoms with van der Waals surface area (Å²) in [6.07, 6.45) is 2.08. The summed E-state index contributed by atoms with van der Waals surface area (Å²) in [5, 5.41) is 25.2. The molecule has 1 aromatic carbocycles. The molecule has 1 amide bonds. The van der Waals surface area contributed by atoms with Crippen molar-refractivity contribution in [3.63, 3.8) is 0 Å². The average molecular weight is 494 g/mol. The van der Waals surface area contributed by atoms with Gasteiger partial charge in [-0.05, 0) is 31.9 Å². The predicted molar refractivity (Wildman–Crippen MR) is 125 cm³/mol. The Morgan fingerprint density at radius 3 is 2.97 bits per heavy atom. The number of carbonyl (C=O) groups is 1. The van der Waals surface area contributed by atoms with E-state index in [0.29, 0.717) is 11.7 Å². The quantitative estimate of drug-likeness (QED) is 0.273. The van der Waals surface area contributed by atoms with E-state index in [0.717, 1.165) is 30.8 Å². The van der Waals surface area contributed by atoms with Gasteiger partial charge in [0.1, 0.15) is 0 Å². The highest BCUT2D eigenvalue weighted by atomic mass is 35.5. The molecule has 1 saturated heterocycles. The minimum absolute atomic E-state index is 0.0470. The molecule has 3 heterocycles. The second-order valence-electron chi connectivity index (χ2n) is 7.26. The van der Waals surface area contributed by atoms with Gasteiger partial charge in [-0.3, -0.25) is 19.5 Å². The first-order valence-corrected chi connectivity index (χ1v) is 12.1. The second-order valence-corrected chi connectivity index (χ2v) is 9.72. The number of aromatic nitrogens is 3. The zero-order valence-electron chi connectivity index (χ0n) is 17.1. The maximum absolute atomic E-state index is 12.5. The van der Waals surface area contributed by atoms with Gasteiger partial charge in [0, 0.05) is 34.6 Å². The third kappa shape index (κ3) is 5.29. The fourth-order valence-electron chi connectivity index (χ4n) is 3.37. The van der Waals surface area contributed by atoms with Crippen molar-refractivity contribution >= 4 is 52.0 Å². The van der Waals surface area contributed by atoms with Crippen molar-refractivity contribution in [2.24, 2.45) is 0 Å². The summed E-state index contributed by atoms with van der Waals surface area (Å²) in [6.45, 7) is 3.39. The van der Waals surface area contributed by atoms with Crippen molar-refractivity contribution in [1.82, 2.24) is 14.8 Å². The fourth-order valence-corrected chi connectivity index (χ4v) is 4.96. The molecule has 12 heteroatoms. The molecule has 1 unspecified atom stereocenters. The van der Waals surface area contributed by atoms with Crippen molar-refractivity contribution in [1.29, 1.82) is 0 Å². The number of halogens is 1. The molecule has 2 aromatic heterocycles. The Labute approximate surface area is 197 Å². The molecule has 4 rings (SSSR count). The lowest BCUT2D eigenvalue weighted by molar-refractivity contribution is -0.384. The normalized spacial score (nSPS) is 15.8. The Morgan fingerprint density at radius 1 is 1.44 bits per heavy atom. The number of aryl methyl sites for hydroxylation is 1.